The Morgan fingerprint density at radius 3 is 1.90 bits per heavy atom. The van der Waals surface area contributed by atoms with Crippen LogP contribution >= 0.6 is 0 Å². The molecule has 0 aromatic heterocycles. The van der Waals surface area contributed by atoms with Crippen molar-refractivity contribution in [2.24, 2.45) is 4.99 Å². The Balaban J connectivity index is 0.000000335. The number of aliphatic imine (C=N–C) groups is 1. The summed E-state index contributed by atoms with van der Waals surface area (Å²) in [6, 6.07) is 23.9. The summed E-state index contributed by atoms with van der Waals surface area (Å²) in [5, 5.41) is 17.7. The Morgan fingerprint density at radius 2 is 1.40 bits per heavy atom. The second kappa shape index (κ2) is 11.9. The van der Waals surface area contributed by atoms with Crippen molar-refractivity contribution in [3.63, 3.8) is 0 Å². The molecular formula is C24H23NO5. The van der Waals surface area contributed by atoms with Crippen LogP contribution in [0.4, 0.5) is 0 Å². The van der Waals surface area contributed by atoms with Crippen molar-refractivity contribution in [1.29, 1.82) is 0 Å². The molecule has 3 rings (SSSR count). The molecule has 3 aromatic rings. The molecule has 154 valence electrons. The lowest BCUT2D eigenvalue weighted by molar-refractivity contribution is -0.138. The Kier molecular flexibility index (Phi) is 8.96. The van der Waals surface area contributed by atoms with Gasteiger partial charge < -0.3 is 14.9 Å². The maximum atomic E-state index is 12.2. The lowest BCUT2D eigenvalue weighted by atomic mass is 10.0. The van der Waals surface area contributed by atoms with Crippen LogP contribution in [0.15, 0.2) is 89.9 Å². The van der Waals surface area contributed by atoms with Gasteiger partial charge in [0.25, 0.3) is 0 Å². The van der Waals surface area contributed by atoms with Gasteiger partial charge in [-0.25, -0.2) is 9.59 Å². The van der Waals surface area contributed by atoms with Crippen LogP contribution in [0, 0.1) is 0 Å². The number of aliphatic hydroxyl groups is 1. The zero-order valence-corrected chi connectivity index (χ0v) is 16.3. The number of benzene rings is 3. The zero-order valence-electron chi connectivity index (χ0n) is 16.3. The van der Waals surface area contributed by atoms with Crippen LogP contribution in [0.1, 0.15) is 33.1 Å². The molecule has 0 fully saturated rings. The van der Waals surface area contributed by atoms with Crippen molar-refractivity contribution in [3.8, 4) is 0 Å². The number of ether oxygens (including phenoxy) is 1. The third-order valence-electron chi connectivity index (χ3n) is 4.13. The van der Waals surface area contributed by atoms with Crippen molar-refractivity contribution in [1.82, 2.24) is 0 Å². The highest BCUT2D eigenvalue weighted by Gasteiger charge is 2.24. The summed E-state index contributed by atoms with van der Waals surface area (Å²) in [4.78, 5) is 27.0. The Bertz CT molecular complexity index is 958. The summed E-state index contributed by atoms with van der Waals surface area (Å²) in [6.07, 6.45) is 0. The van der Waals surface area contributed by atoms with Crippen LogP contribution in [-0.4, -0.2) is 28.9 Å². The number of esters is 1. The monoisotopic (exact) mass is 405 g/mol. The van der Waals surface area contributed by atoms with E-state index in [2.05, 4.69) is 11.7 Å². The molecule has 2 N–H and O–H groups in total. The highest BCUT2D eigenvalue weighted by molar-refractivity contribution is 5.93. The van der Waals surface area contributed by atoms with Crippen LogP contribution in [0.5, 0.6) is 0 Å². The highest BCUT2D eigenvalue weighted by atomic mass is 16.5. The summed E-state index contributed by atoms with van der Waals surface area (Å²) in [7, 11) is 0. The van der Waals surface area contributed by atoms with Crippen molar-refractivity contribution in [2.75, 3.05) is 0 Å². The minimum Gasteiger partial charge on any atom is -0.479 e. The normalized spacial score (nSPS) is 10.8. The van der Waals surface area contributed by atoms with Gasteiger partial charge in [-0.2, -0.15) is 0 Å². The van der Waals surface area contributed by atoms with Crippen LogP contribution < -0.4 is 0 Å². The Labute approximate surface area is 175 Å². The van der Waals surface area contributed by atoms with Crippen molar-refractivity contribution >= 4 is 18.7 Å². The topological polar surface area (TPSA) is 96.2 Å². The second-order valence-electron chi connectivity index (χ2n) is 6.22. The number of carbonyl (C=O) groups is 2. The maximum absolute atomic E-state index is 12.2. The lowest BCUT2D eigenvalue weighted by Gasteiger charge is -2.12. The fraction of sp³-hybridized carbons (Fsp3) is 0.125. The predicted octanol–water partition coefficient (Wildman–Crippen LogP) is 4.05. The molecule has 0 bridgehead atoms. The van der Waals surface area contributed by atoms with Gasteiger partial charge in [0.05, 0.1) is 12.2 Å². The van der Waals surface area contributed by atoms with E-state index in [0.717, 1.165) is 11.1 Å². The van der Waals surface area contributed by atoms with E-state index in [0.29, 0.717) is 0 Å². The fourth-order valence-electron chi connectivity index (χ4n) is 2.62. The minimum atomic E-state index is -1.19. The molecule has 0 saturated carbocycles. The number of hydrogen-bond acceptors (Lipinski definition) is 5. The van der Waals surface area contributed by atoms with Gasteiger partial charge >= 0.3 is 11.9 Å². The molecule has 0 saturated heterocycles. The number of hydrogen-bond donors (Lipinski definition) is 2. The number of carbonyl (C=O) groups excluding carboxylic acids is 1. The number of aliphatic carboxylic acids is 1. The van der Waals surface area contributed by atoms with Gasteiger partial charge in [-0.1, -0.05) is 78.9 Å². The minimum absolute atomic E-state index is 0.118. The van der Waals surface area contributed by atoms with Gasteiger partial charge in [-0.3, -0.25) is 4.99 Å². The summed E-state index contributed by atoms with van der Waals surface area (Å²) >= 11 is 0. The standard InChI is InChI=1S/C17H15NO4.C7H8O/c1-18-15(16(19)20)13-9-5-6-10-14(13)17(21)22-11-12-7-3-2-4-8-12;8-6-7-4-2-1-3-5-7/h2-10,15H,1,11H2,(H,19,20);1-5,8H,6H2/t15-;/m0./s1. The van der Waals surface area contributed by atoms with Gasteiger partial charge in [0.15, 0.2) is 6.04 Å². The Morgan fingerprint density at radius 1 is 0.867 bits per heavy atom. The first-order valence-electron chi connectivity index (χ1n) is 9.20. The summed E-state index contributed by atoms with van der Waals surface area (Å²) in [5.41, 5.74) is 2.26. The fourth-order valence-corrected chi connectivity index (χ4v) is 2.62. The maximum Gasteiger partial charge on any atom is 0.338 e. The van der Waals surface area contributed by atoms with Crippen molar-refractivity contribution < 1.29 is 24.5 Å². The zero-order chi connectivity index (χ0) is 21.8. The molecule has 3 aromatic carbocycles. The molecule has 0 heterocycles. The molecule has 0 amide bonds. The van der Waals surface area contributed by atoms with Crippen LogP contribution in [0.25, 0.3) is 0 Å². The average Bonchev–Trinajstić information content (AvgIpc) is 2.80. The van der Waals surface area contributed by atoms with E-state index in [-0.39, 0.29) is 24.3 Å². The first-order valence-corrected chi connectivity index (χ1v) is 9.20. The van der Waals surface area contributed by atoms with E-state index in [1.54, 1.807) is 12.1 Å². The summed E-state index contributed by atoms with van der Waals surface area (Å²) in [6.45, 7) is 3.53. The van der Waals surface area contributed by atoms with Gasteiger partial charge in [0, 0.05) is 5.56 Å². The van der Waals surface area contributed by atoms with Crippen LogP contribution in [0.2, 0.25) is 0 Å². The Hall–Kier alpha value is -3.77. The van der Waals surface area contributed by atoms with E-state index < -0.39 is 18.0 Å². The van der Waals surface area contributed by atoms with Crippen LogP contribution in [-0.2, 0) is 22.7 Å². The van der Waals surface area contributed by atoms with Crippen LogP contribution in [0.3, 0.4) is 0 Å². The largest absolute Gasteiger partial charge is 0.479 e. The molecule has 0 aliphatic carbocycles. The molecule has 0 aliphatic rings. The number of aliphatic hydroxyl groups excluding tert-OH is 1. The molecular weight excluding hydrogens is 382 g/mol. The number of rotatable bonds is 7. The number of carboxylic acids is 1. The van der Waals surface area contributed by atoms with E-state index in [1.807, 2.05) is 60.7 Å². The predicted molar refractivity (Wildman–Crippen MR) is 114 cm³/mol. The van der Waals surface area contributed by atoms with E-state index in [1.165, 1.54) is 12.1 Å². The molecule has 1 atom stereocenters. The van der Waals surface area contributed by atoms with Gasteiger partial charge in [0.1, 0.15) is 6.61 Å². The molecule has 6 nitrogen and oxygen atoms in total. The average molecular weight is 405 g/mol. The second-order valence-corrected chi connectivity index (χ2v) is 6.22. The first-order chi connectivity index (χ1) is 14.6. The first kappa shape index (κ1) is 22.5. The van der Waals surface area contributed by atoms with E-state index in [9.17, 15) is 9.59 Å². The van der Waals surface area contributed by atoms with Gasteiger partial charge in [-0.15, -0.1) is 0 Å². The SMILES string of the molecule is C=N[C@H](C(=O)O)c1ccccc1C(=O)OCc1ccccc1.OCc1ccccc1. The summed E-state index contributed by atoms with van der Waals surface area (Å²) < 4.78 is 5.24. The highest BCUT2D eigenvalue weighted by Crippen LogP contribution is 2.22. The molecule has 0 aliphatic heterocycles. The van der Waals surface area contributed by atoms with E-state index >= 15 is 0 Å². The van der Waals surface area contributed by atoms with E-state index in [4.69, 9.17) is 14.9 Å². The quantitative estimate of drug-likeness (QED) is 0.457. The lowest BCUT2D eigenvalue weighted by Crippen LogP contribution is -2.15. The van der Waals surface area contributed by atoms with Crippen molar-refractivity contribution in [3.05, 3.63) is 107 Å². The summed E-state index contributed by atoms with van der Waals surface area (Å²) in [5.74, 6) is -1.76. The van der Waals surface area contributed by atoms with Crippen molar-refractivity contribution in [2.45, 2.75) is 19.3 Å². The molecule has 0 spiro atoms. The van der Waals surface area contributed by atoms with Gasteiger partial charge in [-0.05, 0) is 23.9 Å². The molecule has 6 heteroatoms. The van der Waals surface area contributed by atoms with Gasteiger partial charge in [0.2, 0.25) is 0 Å². The molecule has 0 radical (unpaired) electrons. The molecule has 30 heavy (non-hydrogen) atoms. The number of carboxylic acid groups (broad SMARTS) is 1. The number of nitrogens with zero attached hydrogens (tertiary/aromatic N) is 1. The third-order valence-corrected chi connectivity index (χ3v) is 4.13. The molecule has 0 unspecified atom stereocenters. The smallest absolute Gasteiger partial charge is 0.338 e. The third kappa shape index (κ3) is 6.68.